The summed E-state index contributed by atoms with van der Waals surface area (Å²) in [5.41, 5.74) is -0.444. The molecule has 1 aliphatic heterocycles. The molecule has 1 N–H and O–H groups in total. The number of aromatic nitrogens is 3. The number of benzene rings is 1. The summed E-state index contributed by atoms with van der Waals surface area (Å²) in [7, 11) is 0. The molecule has 3 rings (SSSR count). The van der Waals surface area contributed by atoms with Crippen LogP contribution in [0.3, 0.4) is 0 Å². The van der Waals surface area contributed by atoms with Gasteiger partial charge in [-0.05, 0) is 37.5 Å². The SMILES string of the molecule is FC(F)(F)c1cccc(Nc2nncc(N3CCCCC3)n2)c1. The van der Waals surface area contributed by atoms with Crippen LogP contribution in [-0.4, -0.2) is 28.3 Å². The third-order valence-electron chi connectivity index (χ3n) is 3.67. The minimum Gasteiger partial charge on any atom is -0.355 e. The fourth-order valence-corrected chi connectivity index (χ4v) is 2.53. The molecule has 1 saturated heterocycles. The van der Waals surface area contributed by atoms with Gasteiger partial charge in [-0.2, -0.15) is 23.3 Å². The molecule has 0 aliphatic carbocycles. The third-order valence-corrected chi connectivity index (χ3v) is 3.67. The Hall–Kier alpha value is -2.38. The first-order valence-electron chi connectivity index (χ1n) is 7.41. The molecule has 1 aliphatic rings. The van der Waals surface area contributed by atoms with E-state index in [2.05, 4.69) is 25.4 Å². The van der Waals surface area contributed by atoms with Gasteiger partial charge in [0, 0.05) is 18.8 Å². The second-order valence-electron chi connectivity index (χ2n) is 5.39. The van der Waals surface area contributed by atoms with Crippen molar-refractivity contribution in [2.45, 2.75) is 25.4 Å². The van der Waals surface area contributed by atoms with E-state index >= 15 is 0 Å². The Bertz CT molecular complexity index is 668. The van der Waals surface area contributed by atoms with Crippen molar-refractivity contribution in [3.8, 4) is 0 Å². The third kappa shape index (κ3) is 3.88. The summed E-state index contributed by atoms with van der Waals surface area (Å²) in [5, 5.41) is 10.5. The number of piperidine rings is 1. The number of anilines is 3. The second kappa shape index (κ2) is 6.39. The lowest BCUT2D eigenvalue weighted by atomic mass is 10.1. The Morgan fingerprint density at radius 3 is 2.61 bits per heavy atom. The number of hydrogen-bond acceptors (Lipinski definition) is 5. The Kier molecular flexibility index (Phi) is 4.31. The molecule has 23 heavy (non-hydrogen) atoms. The van der Waals surface area contributed by atoms with Gasteiger partial charge >= 0.3 is 6.18 Å². The van der Waals surface area contributed by atoms with E-state index in [1.165, 1.54) is 18.6 Å². The number of halogens is 3. The van der Waals surface area contributed by atoms with Crippen molar-refractivity contribution in [3.05, 3.63) is 36.0 Å². The van der Waals surface area contributed by atoms with Crippen molar-refractivity contribution in [2.75, 3.05) is 23.3 Å². The van der Waals surface area contributed by atoms with E-state index in [9.17, 15) is 13.2 Å². The van der Waals surface area contributed by atoms with Crippen molar-refractivity contribution < 1.29 is 13.2 Å². The van der Waals surface area contributed by atoms with E-state index in [-0.39, 0.29) is 11.6 Å². The molecule has 1 aromatic heterocycles. The van der Waals surface area contributed by atoms with Crippen molar-refractivity contribution >= 4 is 17.5 Å². The summed E-state index contributed by atoms with van der Waals surface area (Å²) in [6.07, 6.45) is 0.584. The highest BCUT2D eigenvalue weighted by Gasteiger charge is 2.30. The maximum Gasteiger partial charge on any atom is 0.416 e. The second-order valence-corrected chi connectivity index (χ2v) is 5.39. The van der Waals surface area contributed by atoms with Gasteiger partial charge in [0.1, 0.15) is 0 Å². The van der Waals surface area contributed by atoms with Gasteiger partial charge in [0.25, 0.3) is 0 Å². The van der Waals surface area contributed by atoms with Crippen molar-refractivity contribution in [1.29, 1.82) is 0 Å². The van der Waals surface area contributed by atoms with Crippen LogP contribution in [0.5, 0.6) is 0 Å². The highest BCUT2D eigenvalue weighted by molar-refractivity contribution is 5.55. The van der Waals surface area contributed by atoms with Crippen LogP contribution in [0.2, 0.25) is 0 Å². The van der Waals surface area contributed by atoms with Gasteiger partial charge in [0.15, 0.2) is 5.82 Å². The first kappa shape index (κ1) is 15.5. The molecule has 0 saturated carbocycles. The monoisotopic (exact) mass is 323 g/mol. The average molecular weight is 323 g/mol. The Morgan fingerprint density at radius 2 is 1.87 bits per heavy atom. The smallest absolute Gasteiger partial charge is 0.355 e. The molecule has 1 aromatic carbocycles. The number of hydrogen-bond donors (Lipinski definition) is 1. The quantitative estimate of drug-likeness (QED) is 0.935. The molecule has 2 heterocycles. The van der Waals surface area contributed by atoms with E-state index in [0.717, 1.165) is 38.1 Å². The van der Waals surface area contributed by atoms with Gasteiger partial charge in [-0.25, -0.2) is 0 Å². The molecule has 0 atom stereocenters. The van der Waals surface area contributed by atoms with Gasteiger partial charge in [-0.15, -0.1) is 5.10 Å². The molecule has 2 aromatic rings. The standard InChI is InChI=1S/C15H16F3N5/c16-15(17,18)11-5-4-6-12(9-11)20-14-21-13(10-19-22-14)23-7-2-1-3-8-23/h4-6,9-10H,1-3,7-8H2,(H,20,21,22). The first-order valence-corrected chi connectivity index (χ1v) is 7.41. The summed E-state index contributed by atoms with van der Waals surface area (Å²) in [4.78, 5) is 6.45. The molecule has 8 heteroatoms. The van der Waals surface area contributed by atoms with Crippen molar-refractivity contribution in [1.82, 2.24) is 15.2 Å². The number of nitrogens with zero attached hydrogens (tertiary/aromatic N) is 4. The molecule has 0 radical (unpaired) electrons. The fraction of sp³-hybridized carbons (Fsp3) is 0.400. The maximum absolute atomic E-state index is 12.7. The molecule has 5 nitrogen and oxygen atoms in total. The van der Waals surface area contributed by atoms with E-state index < -0.39 is 11.7 Å². The average Bonchev–Trinajstić information content (AvgIpc) is 2.55. The summed E-state index contributed by atoms with van der Waals surface area (Å²) >= 11 is 0. The first-order chi connectivity index (χ1) is 11.0. The Morgan fingerprint density at radius 1 is 1.09 bits per heavy atom. The topological polar surface area (TPSA) is 53.9 Å². The van der Waals surface area contributed by atoms with Gasteiger partial charge < -0.3 is 10.2 Å². The Balaban J connectivity index is 1.78. The maximum atomic E-state index is 12.7. The predicted molar refractivity (Wildman–Crippen MR) is 80.6 cm³/mol. The van der Waals surface area contributed by atoms with Crippen LogP contribution in [-0.2, 0) is 6.18 Å². The molecular weight excluding hydrogens is 307 g/mol. The zero-order chi connectivity index (χ0) is 16.3. The van der Waals surface area contributed by atoms with Gasteiger partial charge in [0.05, 0.1) is 11.8 Å². The van der Waals surface area contributed by atoms with Crippen LogP contribution in [0.4, 0.5) is 30.6 Å². The minimum absolute atomic E-state index is 0.187. The van der Waals surface area contributed by atoms with Gasteiger partial charge in [-0.3, -0.25) is 0 Å². The van der Waals surface area contributed by atoms with E-state index in [0.29, 0.717) is 5.82 Å². The highest BCUT2D eigenvalue weighted by Crippen LogP contribution is 2.31. The summed E-state index contributed by atoms with van der Waals surface area (Å²) in [6.45, 7) is 1.81. The Labute approximate surface area is 131 Å². The summed E-state index contributed by atoms with van der Waals surface area (Å²) in [6, 6.07) is 4.92. The zero-order valence-corrected chi connectivity index (χ0v) is 12.3. The molecule has 0 amide bonds. The zero-order valence-electron chi connectivity index (χ0n) is 12.3. The highest BCUT2D eigenvalue weighted by atomic mass is 19.4. The minimum atomic E-state index is -4.38. The summed E-state index contributed by atoms with van der Waals surface area (Å²) < 4.78 is 38.2. The molecule has 0 bridgehead atoms. The lowest BCUT2D eigenvalue weighted by Crippen LogP contribution is -2.30. The van der Waals surface area contributed by atoms with Gasteiger partial charge in [0.2, 0.25) is 5.95 Å². The van der Waals surface area contributed by atoms with Crippen LogP contribution < -0.4 is 10.2 Å². The molecule has 0 spiro atoms. The van der Waals surface area contributed by atoms with Gasteiger partial charge in [-0.1, -0.05) is 6.07 Å². The van der Waals surface area contributed by atoms with Crippen LogP contribution in [0.25, 0.3) is 0 Å². The van der Waals surface area contributed by atoms with Crippen LogP contribution >= 0.6 is 0 Å². The van der Waals surface area contributed by atoms with Crippen LogP contribution in [0.15, 0.2) is 30.5 Å². The fourth-order valence-electron chi connectivity index (χ4n) is 2.53. The largest absolute Gasteiger partial charge is 0.416 e. The number of nitrogens with one attached hydrogen (secondary N) is 1. The van der Waals surface area contributed by atoms with E-state index in [1.807, 2.05) is 0 Å². The van der Waals surface area contributed by atoms with E-state index in [4.69, 9.17) is 0 Å². The lowest BCUT2D eigenvalue weighted by molar-refractivity contribution is -0.137. The molecule has 1 fully saturated rings. The molecular formula is C15H16F3N5. The van der Waals surface area contributed by atoms with Crippen molar-refractivity contribution in [2.24, 2.45) is 0 Å². The normalized spacial score (nSPS) is 15.5. The molecule has 122 valence electrons. The van der Waals surface area contributed by atoms with Crippen molar-refractivity contribution in [3.63, 3.8) is 0 Å². The summed E-state index contributed by atoms with van der Waals surface area (Å²) in [5.74, 6) is 0.876. The van der Waals surface area contributed by atoms with Crippen LogP contribution in [0.1, 0.15) is 24.8 Å². The predicted octanol–water partition coefficient (Wildman–Crippen LogP) is 3.62. The molecule has 0 unspecified atom stereocenters. The number of alkyl halides is 3. The van der Waals surface area contributed by atoms with Crippen LogP contribution in [0, 0.1) is 0 Å². The number of rotatable bonds is 3. The van der Waals surface area contributed by atoms with E-state index in [1.54, 1.807) is 6.20 Å². The lowest BCUT2D eigenvalue weighted by Gasteiger charge is -2.27.